The molecule has 0 radical (unpaired) electrons. The quantitative estimate of drug-likeness (QED) is 0.741. The summed E-state index contributed by atoms with van der Waals surface area (Å²) in [5.74, 6) is -0.0567. The molecule has 2 N–H and O–H groups in total. The summed E-state index contributed by atoms with van der Waals surface area (Å²) >= 11 is 0. The Balaban J connectivity index is 2.34. The molecule has 16 heavy (non-hydrogen) atoms. The molecule has 94 valence electrons. The Labute approximate surface area is 97.4 Å². The minimum Gasteiger partial charge on any atom is -0.388 e. The average Bonchev–Trinajstić information content (AvgIpc) is 2.61. The molecule has 0 spiro atoms. The van der Waals surface area contributed by atoms with E-state index >= 15 is 0 Å². The Morgan fingerprint density at radius 1 is 1.62 bits per heavy atom. The van der Waals surface area contributed by atoms with Crippen molar-refractivity contribution in [2.75, 3.05) is 13.2 Å². The molecule has 3 atom stereocenters. The summed E-state index contributed by atoms with van der Waals surface area (Å²) in [5.41, 5.74) is -0.799. The third-order valence-corrected chi connectivity index (χ3v) is 3.15. The first kappa shape index (κ1) is 13.5. The van der Waals surface area contributed by atoms with Gasteiger partial charge in [0.2, 0.25) is 5.91 Å². The highest BCUT2D eigenvalue weighted by atomic mass is 16.5. The van der Waals surface area contributed by atoms with Crippen molar-refractivity contribution in [1.29, 1.82) is 0 Å². The van der Waals surface area contributed by atoms with Crippen molar-refractivity contribution in [3.05, 3.63) is 0 Å². The Bertz CT molecular complexity index is 240. The Morgan fingerprint density at radius 2 is 2.31 bits per heavy atom. The number of carbonyl (C=O) groups is 1. The van der Waals surface area contributed by atoms with Crippen molar-refractivity contribution < 1.29 is 14.6 Å². The van der Waals surface area contributed by atoms with Crippen LogP contribution in [0.2, 0.25) is 0 Å². The summed E-state index contributed by atoms with van der Waals surface area (Å²) < 4.78 is 5.34. The molecule has 0 aromatic heterocycles. The number of hydrogen-bond donors (Lipinski definition) is 2. The lowest BCUT2D eigenvalue weighted by Gasteiger charge is -2.24. The molecule has 0 saturated carbocycles. The van der Waals surface area contributed by atoms with Gasteiger partial charge >= 0.3 is 0 Å². The lowest BCUT2D eigenvalue weighted by molar-refractivity contribution is -0.127. The van der Waals surface area contributed by atoms with Gasteiger partial charge in [0.1, 0.15) is 0 Å². The second kappa shape index (κ2) is 5.64. The molecule has 4 nitrogen and oxygen atoms in total. The third kappa shape index (κ3) is 3.76. The number of hydrogen-bond acceptors (Lipinski definition) is 3. The smallest absolute Gasteiger partial charge is 0.225 e. The molecule has 1 fully saturated rings. The second-order valence-electron chi connectivity index (χ2n) is 4.94. The molecule has 0 bridgehead atoms. The third-order valence-electron chi connectivity index (χ3n) is 3.15. The summed E-state index contributed by atoms with van der Waals surface area (Å²) in [7, 11) is 0. The van der Waals surface area contributed by atoms with E-state index in [1.165, 1.54) is 0 Å². The largest absolute Gasteiger partial charge is 0.388 e. The topological polar surface area (TPSA) is 58.6 Å². The maximum Gasteiger partial charge on any atom is 0.225 e. The van der Waals surface area contributed by atoms with Crippen molar-refractivity contribution in [1.82, 2.24) is 5.32 Å². The zero-order valence-corrected chi connectivity index (χ0v) is 10.5. The number of nitrogens with one attached hydrogen (secondary N) is 1. The van der Waals surface area contributed by atoms with Crippen molar-refractivity contribution >= 4 is 5.91 Å². The maximum absolute atomic E-state index is 11.8. The van der Waals surface area contributed by atoms with Crippen LogP contribution in [0.1, 0.15) is 40.0 Å². The molecule has 4 heteroatoms. The predicted octanol–water partition coefficient (Wildman–Crippen LogP) is 1.08. The van der Waals surface area contributed by atoms with Gasteiger partial charge in [0.15, 0.2) is 0 Å². The van der Waals surface area contributed by atoms with Gasteiger partial charge in [-0.2, -0.15) is 0 Å². The van der Waals surface area contributed by atoms with Crippen LogP contribution in [0.15, 0.2) is 0 Å². The fourth-order valence-electron chi connectivity index (χ4n) is 2.11. The van der Waals surface area contributed by atoms with Crippen LogP contribution in [-0.2, 0) is 9.53 Å². The summed E-state index contributed by atoms with van der Waals surface area (Å²) in [6.45, 7) is 6.67. The number of rotatable bonds is 5. The Hall–Kier alpha value is -0.610. The lowest BCUT2D eigenvalue weighted by Crippen LogP contribution is -2.43. The maximum atomic E-state index is 11.8. The van der Waals surface area contributed by atoms with Crippen LogP contribution >= 0.6 is 0 Å². The van der Waals surface area contributed by atoms with Crippen LogP contribution in [-0.4, -0.2) is 35.9 Å². The van der Waals surface area contributed by atoms with Gasteiger partial charge in [0.05, 0.1) is 17.6 Å². The van der Waals surface area contributed by atoms with E-state index < -0.39 is 5.60 Å². The van der Waals surface area contributed by atoms with Gasteiger partial charge in [-0.3, -0.25) is 4.79 Å². The van der Waals surface area contributed by atoms with E-state index in [2.05, 4.69) is 5.32 Å². The van der Waals surface area contributed by atoms with E-state index in [4.69, 9.17) is 4.74 Å². The van der Waals surface area contributed by atoms with E-state index in [1.54, 1.807) is 6.92 Å². The van der Waals surface area contributed by atoms with Crippen molar-refractivity contribution in [2.24, 2.45) is 5.92 Å². The number of carbonyl (C=O) groups excluding carboxylic acids is 1. The van der Waals surface area contributed by atoms with E-state index in [1.807, 2.05) is 13.8 Å². The highest BCUT2D eigenvalue weighted by Crippen LogP contribution is 2.20. The molecule has 1 aliphatic rings. The first-order chi connectivity index (χ1) is 7.46. The predicted molar refractivity (Wildman–Crippen MR) is 62.1 cm³/mol. The molecule has 0 aromatic rings. The summed E-state index contributed by atoms with van der Waals surface area (Å²) in [5, 5.41) is 12.7. The molecule has 0 aromatic carbocycles. The summed E-state index contributed by atoms with van der Waals surface area (Å²) in [4.78, 5) is 11.8. The van der Waals surface area contributed by atoms with E-state index in [0.717, 1.165) is 12.8 Å². The molecule has 1 amide bonds. The van der Waals surface area contributed by atoms with Crippen molar-refractivity contribution in [2.45, 2.75) is 51.7 Å². The van der Waals surface area contributed by atoms with Crippen LogP contribution in [0.4, 0.5) is 0 Å². The van der Waals surface area contributed by atoms with Gasteiger partial charge < -0.3 is 15.2 Å². The second-order valence-corrected chi connectivity index (χ2v) is 4.94. The normalized spacial score (nSPS) is 28.8. The number of amides is 1. The molecule has 0 aliphatic carbocycles. The molecule has 1 heterocycles. The zero-order chi connectivity index (χ0) is 12.2. The van der Waals surface area contributed by atoms with Gasteiger partial charge in [-0.05, 0) is 26.7 Å². The average molecular weight is 229 g/mol. The molecular formula is C12H23NO3. The van der Waals surface area contributed by atoms with E-state index in [0.29, 0.717) is 19.6 Å². The Morgan fingerprint density at radius 3 is 2.81 bits per heavy atom. The van der Waals surface area contributed by atoms with Gasteiger partial charge in [-0.25, -0.2) is 0 Å². The minimum atomic E-state index is -0.799. The minimum absolute atomic E-state index is 0.00128. The van der Waals surface area contributed by atoms with Crippen LogP contribution in [0.3, 0.4) is 0 Å². The fraction of sp³-hybridized carbons (Fsp3) is 0.917. The molecular weight excluding hydrogens is 206 g/mol. The van der Waals surface area contributed by atoms with Crippen LogP contribution in [0.25, 0.3) is 0 Å². The van der Waals surface area contributed by atoms with E-state index in [-0.39, 0.29) is 17.9 Å². The Kier molecular flexibility index (Phi) is 4.74. The lowest BCUT2D eigenvalue weighted by atomic mass is 9.98. The van der Waals surface area contributed by atoms with Crippen molar-refractivity contribution in [3.63, 3.8) is 0 Å². The summed E-state index contributed by atoms with van der Waals surface area (Å²) in [6.07, 6.45) is 2.38. The SMILES string of the molecule is CCCC(C)(O)CNC(=O)C1CCOC1C. The van der Waals surface area contributed by atoms with Crippen molar-refractivity contribution in [3.8, 4) is 0 Å². The number of aliphatic hydroxyl groups is 1. The van der Waals surface area contributed by atoms with Crippen LogP contribution in [0, 0.1) is 5.92 Å². The van der Waals surface area contributed by atoms with Crippen LogP contribution < -0.4 is 5.32 Å². The first-order valence-corrected chi connectivity index (χ1v) is 6.08. The van der Waals surface area contributed by atoms with Gasteiger partial charge in [-0.1, -0.05) is 13.3 Å². The van der Waals surface area contributed by atoms with E-state index in [9.17, 15) is 9.90 Å². The zero-order valence-electron chi connectivity index (χ0n) is 10.5. The molecule has 1 rings (SSSR count). The van der Waals surface area contributed by atoms with Crippen LogP contribution in [0.5, 0.6) is 0 Å². The number of ether oxygens (including phenoxy) is 1. The standard InChI is InChI=1S/C12H23NO3/c1-4-6-12(3,15)8-13-11(14)10-5-7-16-9(10)2/h9-10,15H,4-8H2,1-3H3,(H,13,14). The first-order valence-electron chi connectivity index (χ1n) is 6.08. The monoisotopic (exact) mass is 229 g/mol. The fourth-order valence-corrected chi connectivity index (χ4v) is 2.11. The molecule has 1 aliphatic heterocycles. The summed E-state index contributed by atoms with van der Waals surface area (Å²) in [6, 6.07) is 0. The molecule has 1 saturated heterocycles. The highest BCUT2D eigenvalue weighted by molar-refractivity contribution is 5.79. The van der Waals surface area contributed by atoms with Gasteiger partial charge in [0.25, 0.3) is 0 Å². The van der Waals surface area contributed by atoms with Gasteiger partial charge in [-0.15, -0.1) is 0 Å². The van der Waals surface area contributed by atoms with Gasteiger partial charge in [0, 0.05) is 13.2 Å². The highest BCUT2D eigenvalue weighted by Gasteiger charge is 2.31. The molecule has 3 unspecified atom stereocenters.